The molecule has 4 rings (SSSR count). The largest absolute Gasteiger partial charge is 0.380 e. The number of carbonyl (C=O) groups is 2. The number of hydrogen-bond donors (Lipinski definition) is 1. The summed E-state index contributed by atoms with van der Waals surface area (Å²) in [6.45, 7) is 1.42. The van der Waals surface area contributed by atoms with E-state index < -0.39 is 22.0 Å². The van der Waals surface area contributed by atoms with E-state index in [2.05, 4.69) is 10.8 Å². The third kappa shape index (κ3) is 7.29. The Morgan fingerprint density at radius 2 is 1.63 bits per heavy atom. The van der Waals surface area contributed by atoms with Crippen molar-refractivity contribution in [1.29, 1.82) is 0 Å². The number of rotatable bonds is 13. The first-order chi connectivity index (χ1) is 19.6. The summed E-state index contributed by atoms with van der Waals surface area (Å²) in [5.74, 6) is -0.655. The van der Waals surface area contributed by atoms with Crippen LogP contribution in [0.25, 0.3) is 0 Å². The minimum Gasteiger partial charge on any atom is -0.380 e. The Balaban J connectivity index is 1.52. The average molecular weight is 579 g/mol. The van der Waals surface area contributed by atoms with E-state index in [9.17, 15) is 18.0 Å². The number of nitrogens with zero attached hydrogens (tertiary/aromatic N) is 1. The van der Waals surface area contributed by atoms with Gasteiger partial charge in [0, 0.05) is 45.7 Å². The van der Waals surface area contributed by atoms with E-state index in [4.69, 9.17) is 9.47 Å². The highest BCUT2D eigenvalue weighted by Gasteiger charge is 2.39. The lowest BCUT2D eigenvalue weighted by molar-refractivity contribution is -0.140. The maximum absolute atomic E-state index is 14.1. The number of Topliss-reactive ketones (excluding diaryl/α,β-unsaturated/α-hetero) is 1. The number of hydrogen-bond acceptors (Lipinski definition) is 6. The molecule has 0 unspecified atom stereocenters. The quantitative estimate of drug-likeness (QED) is 0.305. The molecule has 0 saturated carbocycles. The average Bonchev–Trinajstić information content (AvgIpc) is 3.37. The molecule has 3 aromatic carbocycles. The van der Waals surface area contributed by atoms with E-state index in [0.717, 1.165) is 17.5 Å². The predicted molar refractivity (Wildman–Crippen MR) is 157 cm³/mol. The van der Waals surface area contributed by atoms with Gasteiger partial charge in [-0.1, -0.05) is 66.7 Å². The van der Waals surface area contributed by atoms with Crippen LogP contribution in [0.15, 0.2) is 83.8 Å². The molecule has 1 amide bonds. The second-order valence-electron chi connectivity index (χ2n) is 10.5. The molecule has 0 radical (unpaired) electrons. The number of benzene rings is 3. The molecule has 0 aromatic heterocycles. The Labute approximate surface area is 242 Å². The van der Waals surface area contributed by atoms with E-state index in [1.165, 1.54) is 43.9 Å². The predicted octanol–water partition coefficient (Wildman–Crippen LogP) is 4.20. The second-order valence-corrected chi connectivity index (χ2v) is 12.3. The normalized spacial score (nSPS) is 18.0. The van der Waals surface area contributed by atoms with Gasteiger partial charge in [0.05, 0.1) is 23.1 Å². The van der Waals surface area contributed by atoms with Crippen molar-refractivity contribution in [2.45, 2.75) is 49.3 Å². The molecular weight excluding hydrogens is 540 g/mol. The van der Waals surface area contributed by atoms with Crippen LogP contribution in [-0.4, -0.2) is 65.0 Å². The van der Waals surface area contributed by atoms with Gasteiger partial charge in [0.1, 0.15) is 0 Å². The van der Waals surface area contributed by atoms with Gasteiger partial charge in [-0.3, -0.25) is 9.59 Å². The van der Waals surface area contributed by atoms with Crippen molar-refractivity contribution < 1.29 is 27.5 Å². The van der Waals surface area contributed by atoms with Gasteiger partial charge >= 0.3 is 0 Å². The number of ketones is 1. The fourth-order valence-electron chi connectivity index (χ4n) is 5.54. The lowest BCUT2D eigenvalue weighted by Gasteiger charge is -2.33. The number of amides is 1. The maximum Gasteiger partial charge on any atom is 0.240 e. The molecule has 0 bridgehead atoms. The highest BCUT2D eigenvalue weighted by molar-refractivity contribution is 7.89. The van der Waals surface area contributed by atoms with Gasteiger partial charge in [0.25, 0.3) is 0 Å². The summed E-state index contributed by atoms with van der Waals surface area (Å²) in [5.41, 5.74) is 3.70. The second kappa shape index (κ2) is 13.5. The summed E-state index contributed by atoms with van der Waals surface area (Å²) in [7, 11) is 1.15. The summed E-state index contributed by atoms with van der Waals surface area (Å²) in [4.78, 5) is 27.5. The topological polar surface area (TPSA) is 102 Å². The minimum atomic E-state index is -3.85. The lowest BCUT2D eigenvalue weighted by Crippen LogP contribution is -2.43. The first kappa shape index (κ1) is 30.6. The molecule has 0 fully saturated rings. The molecule has 0 aliphatic heterocycles. The van der Waals surface area contributed by atoms with Gasteiger partial charge in [-0.25, -0.2) is 13.1 Å². The number of likely N-dealkylation sites (N-methyl/N-ethyl adjacent to an activating group) is 1. The summed E-state index contributed by atoms with van der Waals surface area (Å²) in [6.07, 6.45) is 0.815. The zero-order valence-corrected chi connectivity index (χ0v) is 24.8. The van der Waals surface area contributed by atoms with E-state index in [1.807, 2.05) is 55.6 Å². The Kier molecular flexibility index (Phi) is 10.1. The first-order valence-electron chi connectivity index (χ1n) is 13.7. The first-order valence-corrected chi connectivity index (χ1v) is 15.2. The van der Waals surface area contributed by atoms with E-state index >= 15 is 0 Å². The van der Waals surface area contributed by atoms with Crippen molar-refractivity contribution in [3.05, 3.63) is 101 Å². The molecule has 4 atom stereocenters. The van der Waals surface area contributed by atoms with Crippen LogP contribution < -0.4 is 4.72 Å². The highest BCUT2D eigenvalue weighted by atomic mass is 32.2. The van der Waals surface area contributed by atoms with Gasteiger partial charge in [0.2, 0.25) is 15.9 Å². The molecule has 1 aliphatic carbocycles. The van der Waals surface area contributed by atoms with Crippen LogP contribution in [0, 0.1) is 5.92 Å². The maximum atomic E-state index is 14.1. The molecule has 0 spiro atoms. The third-order valence-corrected chi connectivity index (χ3v) is 9.28. The van der Waals surface area contributed by atoms with Crippen LogP contribution in [-0.2, 0) is 37.1 Å². The van der Waals surface area contributed by atoms with Crippen molar-refractivity contribution >= 4 is 21.7 Å². The molecule has 8 nitrogen and oxygen atoms in total. The molecule has 41 heavy (non-hydrogen) atoms. The van der Waals surface area contributed by atoms with Crippen molar-refractivity contribution in [1.82, 2.24) is 9.62 Å². The number of methoxy groups -OCH3 is 2. The summed E-state index contributed by atoms with van der Waals surface area (Å²) < 4.78 is 40.0. The van der Waals surface area contributed by atoms with Gasteiger partial charge < -0.3 is 14.4 Å². The summed E-state index contributed by atoms with van der Waals surface area (Å²) >= 11 is 0. The molecule has 0 saturated heterocycles. The SMILES string of the molecule is CO[C@H](CNS(=O)(=O)c1ccc(C(C)=O)cc1)C[C@@H](Cc1ccccc1)C(=O)N(C)[C@H]1c2ccccc2C[C@@H]1OC. The van der Waals surface area contributed by atoms with Crippen molar-refractivity contribution in [3.63, 3.8) is 0 Å². The van der Waals surface area contributed by atoms with E-state index in [1.54, 1.807) is 12.0 Å². The molecule has 0 heterocycles. The molecular formula is C32H38N2O6S. The van der Waals surface area contributed by atoms with Crippen molar-refractivity contribution in [2.75, 3.05) is 27.8 Å². The van der Waals surface area contributed by atoms with Crippen molar-refractivity contribution in [2.24, 2.45) is 5.92 Å². The van der Waals surface area contributed by atoms with Crippen molar-refractivity contribution in [3.8, 4) is 0 Å². The zero-order valence-electron chi connectivity index (χ0n) is 23.9. The van der Waals surface area contributed by atoms with Gasteiger partial charge in [0.15, 0.2) is 5.78 Å². The minimum absolute atomic E-state index is 0.0114. The Bertz CT molecular complexity index is 1440. The van der Waals surface area contributed by atoms with Crippen LogP contribution in [0.5, 0.6) is 0 Å². The number of nitrogens with one attached hydrogen (secondary N) is 1. The number of carbonyl (C=O) groups excluding carboxylic acids is 2. The lowest BCUT2D eigenvalue weighted by atomic mass is 9.91. The van der Waals surface area contributed by atoms with E-state index in [-0.39, 0.29) is 35.3 Å². The summed E-state index contributed by atoms with van der Waals surface area (Å²) in [5, 5.41) is 0. The van der Waals surface area contributed by atoms with Gasteiger partial charge in [-0.05, 0) is 48.6 Å². The summed E-state index contributed by atoms with van der Waals surface area (Å²) in [6, 6.07) is 23.4. The number of sulfonamides is 1. The Morgan fingerprint density at radius 1 is 0.976 bits per heavy atom. The Morgan fingerprint density at radius 3 is 2.27 bits per heavy atom. The van der Waals surface area contributed by atoms with Crippen LogP contribution in [0.4, 0.5) is 0 Å². The fraction of sp³-hybridized carbons (Fsp3) is 0.375. The number of ether oxygens (including phenoxy) is 2. The molecule has 218 valence electrons. The molecule has 3 aromatic rings. The third-order valence-electron chi connectivity index (χ3n) is 7.84. The van der Waals surface area contributed by atoms with Crippen LogP contribution >= 0.6 is 0 Å². The van der Waals surface area contributed by atoms with E-state index in [0.29, 0.717) is 18.4 Å². The molecule has 9 heteroatoms. The smallest absolute Gasteiger partial charge is 0.240 e. The van der Waals surface area contributed by atoms with Gasteiger partial charge in [-0.15, -0.1) is 0 Å². The monoisotopic (exact) mass is 578 g/mol. The molecule has 1 aliphatic rings. The van der Waals surface area contributed by atoms with Gasteiger partial charge in [-0.2, -0.15) is 0 Å². The number of fused-ring (bicyclic) bond motifs is 1. The fourth-order valence-corrected chi connectivity index (χ4v) is 6.60. The zero-order chi connectivity index (χ0) is 29.6. The van der Waals surface area contributed by atoms with Crippen LogP contribution in [0.1, 0.15) is 46.4 Å². The standard InChI is InChI=1S/C32H38N2O6S/c1-22(35)24-14-16-28(17-15-24)41(37,38)33-21-27(39-3)19-26(18-23-10-6-5-7-11-23)32(36)34(2)31-29-13-9-8-12-25(29)20-30(31)40-4/h5-17,26-27,30-31,33H,18-21H2,1-4H3/t26-,27+,30+,31+/m1/s1. The highest BCUT2D eigenvalue weighted by Crippen LogP contribution is 2.38. The van der Waals surface area contributed by atoms with Crippen LogP contribution in [0.2, 0.25) is 0 Å². The Hall–Kier alpha value is -3.37. The van der Waals surface area contributed by atoms with Crippen LogP contribution in [0.3, 0.4) is 0 Å². The molecule has 1 N–H and O–H groups in total.